The number of hydrogen-bond donors (Lipinski definition) is 3. The number of thiophene rings is 1. The van der Waals surface area contributed by atoms with Gasteiger partial charge in [0.1, 0.15) is 0 Å². The molecule has 1 heterocycles. The first-order valence-corrected chi connectivity index (χ1v) is 9.57. The van der Waals surface area contributed by atoms with Gasteiger partial charge in [0.25, 0.3) is 5.91 Å². The minimum absolute atomic E-state index is 0.121. The average molecular weight is 379 g/mol. The molecule has 27 heavy (non-hydrogen) atoms. The predicted molar refractivity (Wildman–Crippen MR) is 110 cm³/mol. The van der Waals surface area contributed by atoms with E-state index < -0.39 is 0 Å². The maximum atomic E-state index is 12.2. The number of nitrogens with one attached hydrogen (secondary N) is 3. The van der Waals surface area contributed by atoms with Crippen molar-refractivity contribution in [2.45, 2.75) is 12.8 Å². The van der Waals surface area contributed by atoms with Crippen molar-refractivity contribution in [3.63, 3.8) is 0 Å². The third-order valence-corrected chi connectivity index (χ3v) is 4.87. The summed E-state index contributed by atoms with van der Waals surface area (Å²) in [7, 11) is 0. The number of para-hydroxylation sites is 1. The van der Waals surface area contributed by atoms with Gasteiger partial charge >= 0.3 is 6.03 Å². The summed E-state index contributed by atoms with van der Waals surface area (Å²) >= 11 is 1.25. The van der Waals surface area contributed by atoms with Gasteiger partial charge in [-0.25, -0.2) is 4.79 Å². The quantitative estimate of drug-likeness (QED) is 0.518. The van der Waals surface area contributed by atoms with Crippen molar-refractivity contribution in [1.29, 1.82) is 0 Å². The fourth-order valence-electron chi connectivity index (χ4n) is 2.55. The Morgan fingerprint density at radius 2 is 1.52 bits per heavy atom. The van der Waals surface area contributed by atoms with Gasteiger partial charge < -0.3 is 10.6 Å². The van der Waals surface area contributed by atoms with Gasteiger partial charge in [0.2, 0.25) is 0 Å². The third-order valence-electron chi connectivity index (χ3n) is 3.87. The standard InChI is InChI=1S/C21H21N3O2S/c25-20(22-15-7-10-16-8-3-1-4-9-16)18-13-14-19(27-18)24-21(26)23-17-11-5-2-6-12-17/h1-6,8-9,11-14H,7,10,15H2,(H,22,25)(H2,23,24,26). The highest BCUT2D eigenvalue weighted by Gasteiger charge is 2.10. The Morgan fingerprint density at radius 3 is 2.26 bits per heavy atom. The molecule has 1 aromatic heterocycles. The van der Waals surface area contributed by atoms with Crippen molar-refractivity contribution in [2.75, 3.05) is 17.2 Å². The van der Waals surface area contributed by atoms with Gasteiger partial charge in [-0.15, -0.1) is 11.3 Å². The first kappa shape index (κ1) is 18.7. The van der Waals surface area contributed by atoms with Crippen molar-refractivity contribution in [3.8, 4) is 0 Å². The van der Waals surface area contributed by atoms with Crippen LogP contribution < -0.4 is 16.0 Å². The van der Waals surface area contributed by atoms with E-state index in [1.807, 2.05) is 48.5 Å². The van der Waals surface area contributed by atoms with Crippen molar-refractivity contribution >= 4 is 34.0 Å². The smallest absolute Gasteiger partial charge is 0.324 e. The lowest BCUT2D eigenvalue weighted by molar-refractivity contribution is 0.0957. The molecule has 138 valence electrons. The molecule has 0 aliphatic rings. The second kappa shape index (κ2) is 9.54. The molecular weight excluding hydrogens is 358 g/mol. The number of anilines is 2. The van der Waals surface area contributed by atoms with E-state index in [0.29, 0.717) is 22.1 Å². The molecule has 3 N–H and O–H groups in total. The zero-order valence-electron chi connectivity index (χ0n) is 14.8. The number of aryl methyl sites for hydroxylation is 1. The molecule has 3 aromatic rings. The van der Waals surface area contributed by atoms with Crippen molar-refractivity contribution < 1.29 is 9.59 Å². The molecule has 0 aliphatic heterocycles. The molecule has 0 radical (unpaired) electrons. The van der Waals surface area contributed by atoms with Crippen LogP contribution in [0.3, 0.4) is 0 Å². The number of rotatable bonds is 7. The van der Waals surface area contributed by atoms with Gasteiger partial charge in [0.05, 0.1) is 9.88 Å². The minimum Gasteiger partial charge on any atom is -0.351 e. The van der Waals surface area contributed by atoms with Gasteiger partial charge in [-0.3, -0.25) is 10.1 Å². The van der Waals surface area contributed by atoms with Crippen molar-refractivity contribution in [2.24, 2.45) is 0 Å². The fraction of sp³-hybridized carbons (Fsp3) is 0.143. The second-order valence-corrected chi connectivity index (χ2v) is 7.04. The van der Waals surface area contributed by atoms with Crippen LogP contribution in [0.15, 0.2) is 72.8 Å². The summed E-state index contributed by atoms with van der Waals surface area (Å²) in [4.78, 5) is 24.8. The molecule has 0 atom stereocenters. The lowest BCUT2D eigenvalue weighted by Crippen LogP contribution is -2.23. The first-order chi connectivity index (χ1) is 13.2. The Balaban J connectivity index is 1.42. The topological polar surface area (TPSA) is 70.2 Å². The normalized spacial score (nSPS) is 10.2. The number of carbonyl (C=O) groups is 2. The van der Waals surface area contributed by atoms with Gasteiger partial charge in [-0.2, -0.15) is 0 Å². The Hall–Kier alpha value is -3.12. The average Bonchev–Trinajstić information content (AvgIpc) is 3.15. The summed E-state index contributed by atoms with van der Waals surface area (Å²) in [5, 5.41) is 9.03. The van der Waals surface area contributed by atoms with Crippen LogP contribution in [0.2, 0.25) is 0 Å². The summed E-state index contributed by atoms with van der Waals surface area (Å²) < 4.78 is 0. The summed E-state index contributed by atoms with van der Waals surface area (Å²) in [6.07, 6.45) is 1.81. The third kappa shape index (κ3) is 5.97. The van der Waals surface area contributed by atoms with Gasteiger partial charge in [0.15, 0.2) is 0 Å². The van der Waals surface area contributed by atoms with Gasteiger partial charge in [-0.1, -0.05) is 48.5 Å². The lowest BCUT2D eigenvalue weighted by atomic mass is 10.1. The molecule has 2 aromatic carbocycles. The maximum absolute atomic E-state index is 12.2. The van der Waals surface area contributed by atoms with Crippen LogP contribution in [0.5, 0.6) is 0 Å². The Morgan fingerprint density at radius 1 is 0.815 bits per heavy atom. The predicted octanol–water partition coefficient (Wildman–Crippen LogP) is 4.75. The molecule has 0 saturated carbocycles. The molecule has 3 rings (SSSR count). The van der Waals surface area contributed by atoms with Crippen LogP contribution in [-0.4, -0.2) is 18.5 Å². The Labute approximate surface area is 162 Å². The molecule has 0 aliphatic carbocycles. The zero-order chi connectivity index (χ0) is 18.9. The van der Waals surface area contributed by atoms with E-state index in [-0.39, 0.29) is 11.9 Å². The van der Waals surface area contributed by atoms with Crippen LogP contribution in [0.4, 0.5) is 15.5 Å². The fourth-order valence-corrected chi connectivity index (χ4v) is 3.37. The van der Waals surface area contributed by atoms with Crippen LogP contribution >= 0.6 is 11.3 Å². The van der Waals surface area contributed by atoms with E-state index in [1.54, 1.807) is 12.1 Å². The van der Waals surface area contributed by atoms with E-state index in [1.165, 1.54) is 16.9 Å². The largest absolute Gasteiger partial charge is 0.351 e. The molecule has 0 fully saturated rings. The number of amides is 3. The minimum atomic E-state index is -0.335. The van der Waals surface area contributed by atoms with Crippen LogP contribution in [0.1, 0.15) is 21.7 Å². The van der Waals surface area contributed by atoms with E-state index in [0.717, 1.165) is 12.8 Å². The van der Waals surface area contributed by atoms with Crippen LogP contribution in [0, 0.1) is 0 Å². The highest BCUT2D eigenvalue weighted by molar-refractivity contribution is 7.18. The number of urea groups is 1. The zero-order valence-corrected chi connectivity index (χ0v) is 15.6. The van der Waals surface area contributed by atoms with E-state index in [4.69, 9.17) is 0 Å². The van der Waals surface area contributed by atoms with Crippen molar-refractivity contribution in [3.05, 3.63) is 83.2 Å². The van der Waals surface area contributed by atoms with Gasteiger partial charge in [-0.05, 0) is 42.7 Å². The summed E-state index contributed by atoms with van der Waals surface area (Å²) in [6, 6.07) is 22.5. The maximum Gasteiger partial charge on any atom is 0.324 e. The molecule has 0 bridgehead atoms. The molecule has 0 saturated heterocycles. The van der Waals surface area contributed by atoms with Crippen LogP contribution in [0.25, 0.3) is 0 Å². The Bertz CT molecular complexity index is 879. The molecule has 6 heteroatoms. The summed E-state index contributed by atoms with van der Waals surface area (Å²) in [5.41, 5.74) is 1.97. The van der Waals surface area contributed by atoms with E-state index in [2.05, 4.69) is 28.1 Å². The molecule has 3 amide bonds. The SMILES string of the molecule is O=C(Nc1ccccc1)Nc1ccc(C(=O)NCCCc2ccccc2)s1. The monoisotopic (exact) mass is 379 g/mol. The van der Waals surface area contributed by atoms with Crippen LogP contribution in [-0.2, 0) is 6.42 Å². The highest BCUT2D eigenvalue weighted by atomic mass is 32.1. The van der Waals surface area contributed by atoms with Crippen molar-refractivity contribution in [1.82, 2.24) is 5.32 Å². The number of carbonyl (C=O) groups excluding carboxylic acids is 2. The number of benzene rings is 2. The molecular formula is C21H21N3O2S. The summed E-state index contributed by atoms with van der Waals surface area (Å²) in [5.74, 6) is -0.121. The highest BCUT2D eigenvalue weighted by Crippen LogP contribution is 2.22. The Kier molecular flexibility index (Phi) is 6.60. The lowest BCUT2D eigenvalue weighted by Gasteiger charge is -2.05. The number of hydrogen-bond acceptors (Lipinski definition) is 3. The van der Waals surface area contributed by atoms with Gasteiger partial charge in [0, 0.05) is 12.2 Å². The molecule has 0 unspecified atom stereocenters. The molecule has 0 spiro atoms. The molecule has 5 nitrogen and oxygen atoms in total. The first-order valence-electron chi connectivity index (χ1n) is 8.76. The summed E-state index contributed by atoms with van der Waals surface area (Å²) in [6.45, 7) is 0.614. The van der Waals surface area contributed by atoms with E-state index >= 15 is 0 Å². The van der Waals surface area contributed by atoms with E-state index in [9.17, 15) is 9.59 Å². The second-order valence-electron chi connectivity index (χ2n) is 5.95.